The lowest BCUT2D eigenvalue weighted by molar-refractivity contribution is 0.0966. The van der Waals surface area contributed by atoms with Gasteiger partial charge in [0.1, 0.15) is 11.5 Å². The van der Waals surface area contributed by atoms with Crippen molar-refractivity contribution >= 4 is 28.4 Å². The van der Waals surface area contributed by atoms with Crippen LogP contribution in [0.4, 0.5) is 11.5 Å². The number of fused-ring (bicyclic) bond motifs is 2. The van der Waals surface area contributed by atoms with Crippen LogP contribution in [0.2, 0.25) is 0 Å². The predicted molar refractivity (Wildman–Crippen MR) is 132 cm³/mol. The summed E-state index contributed by atoms with van der Waals surface area (Å²) in [6.45, 7) is 2.61. The fourth-order valence-corrected chi connectivity index (χ4v) is 5.23. The Hall–Kier alpha value is -3.78. The van der Waals surface area contributed by atoms with Gasteiger partial charge in [-0.2, -0.15) is 0 Å². The Balaban J connectivity index is 1.37. The first-order valence-electron chi connectivity index (χ1n) is 11.7. The van der Waals surface area contributed by atoms with Crippen LogP contribution in [-0.2, 0) is 13.6 Å². The number of carbonyl (C=O) groups is 1. The number of anilines is 2. The van der Waals surface area contributed by atoms with E-state index < -0.39 is 0 Å². The Morgan fingerprint density at radius 3 is 2.94 bits per heavy atom. The van der Waals surface area contributed by atoms with Crippen LogP contribution >= 0.6 is 0 Å². The summed E-state index contributed by atoms with van der Waals surface area (Å²) in [6.07, 6.45) is 7.86. The van der Waals surface area contributed by atoms with Crippen LogP contribution in [0.1, 0.15) is 40.4 Å². The van der Waals surface area contributed by atoms with Gasteiger partial charge in [0, 0.05) is 60.7 Å². The Kier molecular flexibility index (Phi) is 5.03. The highest BCUT2D eigenvalue weighted by Gasteiger charge is 2.28. The Morgan fingerprint density at radius 2 is 2.06 bits per heavy atom. The largest absolute Gasteiger partial charge is 0.348 e. The predicted octanol–water partition coefficient (Wildman–Crippen LogP) is 3.83. The van der Waals surface area contributed by atoms with Crippen LogP contribution < -0.4 is 10.6 Å². The minimum Gasteiger partial charge on any atom is -0.348 e. The van der Waals surface area contributed by atoms with Crippen molar-refractivity contribution in [3.63, 3.8) is 0 Å². The number of carbonyl (C=O) groups excluding carboxylic acids is 1. The van der Waals surface area contributed by atoms with Gasteiger partial charge in [-0.25, -0.2) is 9.97 Å². The first-order chi connectivity index (χ1) is 16.6. The summed E-state index contributed by atoms with van der Waals surface area (Å²) in [7, 11) is 4.14. The summed E-state index contributed by atoms with van der Waals surface area (Å²) in [5.74, 6) is 1.07. The van der Waals surface area contributed by atoms with E-state index in [1.807, 2.05) is 42.1 Å². The second-order valence-electron chi connectivity index (χ2n) is 9.25. The molecule has 0 radical (unpaired) electrons. The zero-order chi connectivity index (χ0) is 23.2. The van der Waals surface area contributed by atoms with Crippen LogP contribution in [0.25, 0.3) is 22.3 Å². The molecule has 1 fully saturated rings. The number of piperidine rings is 1. The minimum atomic E-state index is -0.0930. The van der Waals surface area contributed by atoms with Gasteiger partial charge < -0.3 is 20.1 Å². The number of amides is 1. The second-order valence-corrected chi connectivity index (χ2v) is 9.25. The number of hydrogen-bond acceptors (Lipinski definition) is 6. The highest BCUT2D eigenvalue weighted by atomic mass is 16.1. The van der Waals surface area contributed by atoms with E-state index in [0.717, 1.165) is 58.9 Å². The maximum absolute atomic E-state index is 12.9. The Morgan fingerprint density at radius 1 is 1.15 bits per heavy atom. The van der Waals surface area contributed by atoms with E-state index in [0.29, 0.717) is 23.7 Å². The quantitative estimate of drug-likeness (QED) is 0.488. The van der Waals surface area contributed by atoms with E-state index in [-0.39, 0.29) is 5.91 Å². The SMILES string of the molecule is CN1CCC[C@@H](c2cccc(Nc3cnc(-c4ccnc5c4ccn5C)c4c3C(=O)NC4)n2)C1. The molecule has 4 aromatic heterocycles. The average Bonchev–Trinajstić information content (AvgIpc) is 3.43. The van der Waals surface area contributed by atoms with Crippen LogP contribution in [0.5, 0.6) is 0 Å². The van der Waals surface area contributed by atoms with Crippen molar-refractivity contribution in [2.45, 2.75) is 25.3 Å². The van der Waals surface area contributed by atoms with E-state index in [2.05, 4.69) is 33.6 Å². The topological polar surface area (TPSA) is 88.0 Å². The van der Waals surface area contributed by atoms with Crippen molar-refractivity contribution in [1.82, 2.24) is 29.7 Å². The molecule has 8 nitrogen and oxygen atoms in total. The number of likely N-dealkylation sites (tertiary alicyclic amines) is 1. The summed E-state index contributed by atoms with van der Waals surface area (Å²) in [6, 6.07) is 10.1. The van der Waals surface area contributed by atoms with Crippen LogP contribution in [0.15, 0.2) is 48.9 Å². The molecular formula is C26H27N7O. The van der Waals surface area contributed by atoms with Crippen molar-refractivity contribution in [3.05, 3.63) is 65.7 Å². The maximum Gasteiger partial charge on any atom is 0.254 e. The molecule has 2 aliphatic heterocycles. The lowest BCUT2D eigenvalue weighted by Crippen LogP contribution is -2.31. The molecule has 4 aromatic rings. The standard InChI is InChI=1S/C26H27N7O/c1-32-11-4-5-16(15-32)20-6-3-7-22(30-20)31-21-14-28-24(19-13-29-26(34)23(19)21)17-8-10-27-25-18(17)9-12-33(25)2/h3,6-10,12,14,16H,4-5,11,13,15H2,1-2H3,(H,29,34)(H,30,31)/t16-/m1/s1. The summed E-state index contributed by atoms with van der Waals surface area (Å²) in [4.78, 5) is 29.4. The third kappa shape index (κ3) is 3.51. The lowest BCUT2D eigenvalue weighted by atomic mass is 9.94. The first kappa shape index (κ1) is 20.8. The van der Waals surface area contributed by atoms with E-state index in [9.17, 15) is 4.79 Å². The summed E-state index contributed by atoms with van der Waals surface area (Å²) >= 11 is 0. The van der Waals surface area contributed by atoms with Crippen LogP contribution in [0.3, 0.4) is 0 Å². The molecule has 6 heterocycles. The molecule has 0 aromatic carbocycles. The van der Waals surface area contributed by atoms with Crippen molar-refractivity contribution in [2.24, 2.45) is 7.05 Å². The van der Waals surface area contributed by atoms with Crippen molar-refractivity contribution < 1.29 is 4.79 Å². The molecular weight excluding hydrogens is 426 g/mol. The molecule has 0 saturated carbocycles. The molecule has 1 saturated heterocycles. The molecule has 0 spiro atoms. The van der Waals surface area contributed by atoms with Gasteiger partial charge in [-0.05, 0) is 50.7 Å². The van der Waals surface area contributed by atoms with E-state index in [4.69, 9.17) is 9.97 Å². The highest BCUT2D eigenvalue weighted by Crippen LogP contribution is 2.36. The maximum atomic E-state index is 12.9. The van der Waals surface area contributed by atoms with Crippen molar-refractivity contribution in [1.29, 1.82) is 0 Å². The number of rotatable bonds is 4. The van der Waals surface area contributed by atoms with Gasteiger partial charge in [0.2, 0.25) is 0 Å². The summed E-state index contributed by atoms with van der Waals surface area (Å²) < 4.78 is 1.99. The third-order valence-corrected chi connectivity index (χ3v) is 6.93. The molecule has 1 atom stereocenters. The van der Waals surface area contributed by atoms with Gasteiger partial charge in [0.25, 0.3) is 5.91 Å². The monoisotopic (exact) mass is 453 g/mol. The normalized spacial score (nSPS) is 18.2. The van der Waals surface area contributed by atoms with E-state index in [1.54, 1.807) is 12.4 Å². The van der Waals surface area contributed by atoms with Gasteiger partial charge in [0.05, 0.1) is 23.1 Å². The number of pyridine rings is 3. The molecule has 0 unspecified atom stereocenters. The van der Waals surface area contributed by atoms with Crippen LogP contribution in [0, 0.1) is 0 Å². The Labute approximate surface area is 198 Å². The minimum absolute atomic E-state index is 0.0930. The Bertz CT molecular complexity index is 1410. The number of aryl methyl sites for hydroxylation is 1. The first-order valence-corrected chi connectivity index (χ1v) is 11.7. The van der Waals surface area contributed by atoms with Gasteiger partial charge >= 0.3 is 0 Å². The highest BCUT2D eigenvalue weighted by molar-refractivity contribution is 6.06. The molecule has 0 aliphatic carbocycles. The third-order valence-electron chi connectivity index (χ3n) is 6.93. The second kappa shape index (κ2) is 8.22. The summed E-state index contributed by atoms with van der Waals surface area (Å²) in [5, 5.41) is 7.38. The molecule has 1 amide bonds. The molecule has 2 aliphatic rings. The van der Waals surface area contributed by atoms with Crippen LogP contribution in [-0.4, -0.2) is 50.5 Å². The van der Waals surface area contributed by atoms with Crippen molar-refractivity contribution in [2.75, 3.05) is 25.5 Å². The number of aromatic nitrogens is 4. The van der Waals surface area contributed by atoms with Crippen molar-refractivity contribution in [3.8, 4) is 11.3 Å². The zero-order valence-electron chi connectivity index (χ0n) is 19.4. The smallest absolute Gasteiger partial charge is 0.254 e. The molecule has 6 rings (SSSR count). The number of hydrogen-bond donors (Lipinski definition) is 2. The zero-order valence-corrected chi connectivity index (χ0v) is 19.4. The molecule has 0 bridgehead atoms. The van der Waals surface area contributed by atoms with E-state index >= 15 is 0 Å². The molecule has 172 valence electrons. The van der Waals surface area contributed by atoms with Gasteiger partial charge in [-0.15, -0.1) is 0 Å². The molecule has 34 heavy (non-hydrogen) atoms. The van der Waals surface area contributed by atoms with Gasteiger partial charge in [-0.3, -0.25) is 9.78 Å². The summed E-state index contributed by atoms with van der Waals surface area (Å²) in [5.41, 5.74) is 5.98. The average molecular weight is 454 g/mol. The number of likely N-dealkylation sites (N-methyl/N-ethyl adjacent to an activating group) is 1. The molecule has 2 N–H and O–H groups in total. The molecule has 8 heteroatoms. The van der Waals surface area contributed by atoms with E-state index in [1.165, 1.54) is 6.42 Å². The van der Waals surface area contributed by atoms with Gasteiger partial charge in [0.15, 0.2) is 0 Å². The lowest BCUT2D eigenvalue weighted by Gasteiger charge is -2.29. The number of nitrogens with one attached hydrogen (secondary N) is 2. The fraction of sp³-hybridized carbons (Fsp3) is 0.308. The fourth-order valence-electron chi connectivity index (χ4n) is 5.23. The van der Waals surface area contributed by atoms with Gasteiger partial charge in [-0.1, -0.05) is 6.07 Å². The number of nitrogens with zero attached hydrogens (tertiary/aromatic N) is 5.